The predicted octanol–water partition coefficient (Wildman–Crippen LogP) is 2.50. The Morgan fingerprint density at radius 2 is 1.55 bits per heavy atom. The lowest BCUT2D eigenvalue weighted by atomic mass is 10.0. The molecule has 1 heterocycles. The maximum Gasteiger partial charge on any atom is 0.250 e. The van der Waals surface area contributed by atoms with E-state index in [0.717, 1.165) is 11.1 Å². The summed E-state index contributed by atoms with van der Waals surface area (Å²) in [7, 11) is 0. The number of amides is 2. The summed E-state index contributed by atoms with van der Waals surface area (Å²) in [6, 6.07) is 21.2. The van der Waals surface area contributed by atoms with E-state index in [1.165, 1.54) is 0 Å². The van der Waals surface area contributed by atoms with Gasteiger partial charge in [0.05, 0.1) is 19.3 Å². The smallest absolute Gasteiger partial charge is 0.250 e. The van der Waals surface area contributed by atoms with Crippen LogP contribution in [0.2, 0.25) is 0 Å². The van der Waals surface area contributed by atoms with Crippen LogP contribution in [0.25, 0.3) is 0 Å². The number of benzene rings is 2. The van der Waals surface area contributed by atoms with Crippen LogP contribution < -0.4 is 5.32 Å². The molecule has 0 spiro atoms. The molecule has 1 aliphatic heterocycles. The van der Waals surface area contributed by atoms with Gasteiger partial charge in [-0.25, -0.2) is 0 Å². The molecule has 33 heavy (non-hydrogen) atoms. The summed E-state index contributed by atoms with van der Waals surface area (Å²) in [6.45, 7) is 1.90. The third-order valence-electron chi connectivity index (χ3n) is 5.64. The van der Waals surface area contributed by atoms with Gasteiger partial charge in [0, 0.05) is 13.1 Å². The molecular formula is C26H31N3O4. The summed E-state index contributed by atoms with van der Waals surface area (Å²) in [4.78, 5) is 27.2. The zero-order valence-corrected chi connectivity index (χ0v) is 18.8. The first kappa shape index (κ1) is 24.4. The number of hydrogen-bond acceptors (Lipinski definition) is 5. The third-order valence-corrected chi connectivity index (χ3v) is 5.64. The highest BCUT2D eigenvalue weighted by atomic mass is 16.5. The van der Waals surface area contributed by atoms with Gasteiger partial charge in [-0.2, -0.15) is 5.26 Å². The van der Waals surface area contributed by atoms with Crippen molar-refractivity contribution in [2.75, 3.05) is 32.9 Å². The van der Waals surface area contributed by atoms with E-state index >= 15 is 0 Å². The Balaban J connectivity index is 1.57. The molecule has 7 nitrogen and oxygen atoms in total. The number of nitrogens with one attached hydrogen (secondary N) is 1. The number of hydrogen-bond donors (Lipinski definition) is 1. The maximum absolute atomic E-state index is 13.0. The Hall–Kier alpha value is -3.21. The van der Waals surface area contributed by atoms with Crippen LogP contribution >= 0.6 is 0 Å². The number of carbonyl (C=O) groups excluding carboxylic acids is 2. The minimum Gasteiger partial charge on any atom is -0.378 e. The van der Waals surface area contributed by atoms with Crippen molar-refractivity contribution in [3.05, 3.63) is 71.8 Å². The van der Waals surface area contributed by atoms with Crippen LogP contribution in [-0.4, -0.2) is 61.8 Å². The van der Waals surface area contributed by atoms with Crippen LogP contribution in [0.4, 0.5) is 0 Å². The number of nitrogens with zero attached hydrogens (tertiary/aromatic N) is 2. The average molecular weight is 450 g/mol. The molecule has 0 unspecified atom stereocenters. The van der Waals surface area contributed by atoms with Crippen molar-refractivity contribution in [3.63, 3.8) is 0 Å². The van der Waals surface area contributed by atoms with Gasteiger partial charge in [0.15, 0.2) is 0 Å². The first-order valence-corrected chi connectivity index (χ1v) is 11.4. The third kappa shape index (κ3) is 8.33. The molecule has 7 heteroatoms. The Labute approximate surface area is 195 Å². The minimum atomic E-state index is -0.817. The second-order valence-corrected chi connectivity index (χ2v) is 8.03. The van der Waals surface area contributed by atoms with Crippen molar-refractivity contribution in [3.8, 4) is 6.07 Å². The van der Waals surface area contributed by atoms with Crippen LogP contribution in [0.15, 0.2) is 60.7 Å². The standard InChI is InChI=1S/C26H31N3O4/c27-19-23(13-11-21-7-3-1-4-8-21)28-26(31)24(14-12-22-9-5-2-6-10-22)33-20-25(30)29-15-17-32-18-16-29/h1-10,23-24H,11-18,20H2,(H,28,31)/t23-,24-/m0/s1. The van der Waals surface area contributed by atoms with Crippen molar-refractivity contribution in [1.29, 1.82) is 5.26 Å². The number of carbonyl (C=O) groups is 2. The molecule has 1 saturated heterocycles. The van der Waals surface area contributed by atoms with Crippen LogP contribution in [0.3, 0.4) is 0 Å². The van der Waals surface area contributed by atoms with E-state index in [0.29, 0.717) is 52.0 Å². The molecule has 3 rings (SSSR count). The molecule has 0 aromatic heterocycles. The zero-order chi connectivity index (χ0) is 23.3. The number of aryl methyl sites for hydroxylation is 2. The van der Waals surface area contributed by atoms with Crippen LogP contribution in [0.1, 0.15) is 24.0 Å². The topological polar surface area (TPSA) is 91.7 Å². The number of ether oxygens (including phenoxy) is 2. The SMILES string of the molecule is N#C[C@H](CCc1ccccc1)NC(=O)[C@H](CCc1ccccc1)OCC(=O)N1CCOCC1. The Morgan fingerprint density at radius 1 is 0.970 bits per heavy atom. The van der Waals surface area contributed by atoms with Gasteiger partial charge in [-0.3, -0.25) is 9.59 Å². The van der Waals surface area contributed by atoms with Gasteiger partial charge in [-0.15, -0.1) is 0 Å². The zero-order valence-electron chi connectivity index (χ0n) is 18.8. The number of rotatable bonds is 11. The largest absolute Gasteiger partial charge is 0.378 e. The molecule has 0 radical (unpaired) electrons. The van der Waals surface area contributed by atoms with Gasteiger partial charge in [0.1, 0.15) is 18.8 Å². The molecule has 2 aromatic rings. The molecule has 0 saturated carbocycles. The van der Waals surface area contributed by atoms with Crippen LogP contribution in [0, 0.1) is 11.3 Å². The second kappa shape index (κ2) is 13.4. The van der Waals surface area contributed by atoms with E-state index < -0.39 is 12.1 Å². The highest BCUT2D eigenvalue weighted by molar-refractivity contribution is 5.82. The normalized spacial score (nSPS) is 15.3. The Kier molecular flexibility index (Phi) is 9.89. The van der Waals surface area contributed by atoms with E-state index in [9.17, 15) is 14.9 Å². The molecule has 2 amide bonds. The van der Waals surface area contributed by atoms with Crippen molar-refractivity contribution in [2.24, 2.45) is 0 Å². The summed E-state index contributed by atoms with van der Waals surface area (Å²) >= 11 is 0. The number of morpholine rings is 1. The molecule has 2 atom stereocenters. The van der Waals surface area contributed by atoms with Gasteiger partial charge in [0.25, 0.3) is 0 Å². The summed E-state index contributed by atoms with van der Waals surface area (Å²) < 4.78 is 11.1. The fourth-order valence-electron chi connectivity index (χ4n) is 3.70. The van der Waals surface area contributed by atoms with Crippen molar-refractivity contribution in [2.45, 2.75) is 37.8 Å². The molecule has 1 aliphatic rings. The highest BCUT2D eigenvalue weighted by Gasteiger charge is 2.25. The fourth-order valence-corrected chi connectivity index (χ4v) is 3.70. The molecule has 0 bridgehead atoms. The lowest BCUT2D eigenvalue weighted by molar-refractivity contribution is -0.146. The maximum atomic E-state index is 13.0. The summed E-state index contributed by atoms with van der Waals surface area (Å²) in [6.07, 6.45) is 1.42. The minimum absolute atomic E-state index is 0.156. The van der Waals surface area contributed by atoms with Gasteiger partial charge >= 0.3 is 0 Å². The van der Waals surface area contributed by atoms with E-state index in [1.54, 1.807) is 4.90 Å². The van der Waals surface area contributed by atoms with E-state index in [2.05, 4.69) is 11.4 Å². The molecule has 1 fully saturated rings. The van der Waals surface area contributed by atoms with Crippen LogP contribution in [-0.2, 0) is 31.9 Å². The fraction of sp³-hybridized carbons (Fsp3) is 0.423. The van der Waals surface area contributed by atoms with Crippen LogP contribution in [0.5, 0.6) is 0 Å². The summed E-state index contributed by atoms with van der Waals surface area (Å²) in [5.41, 5.74) is 2.19. The first-order chi connectivity index (χ1) is 16.2. The lowest BCUT2D eigenvalue weighted by Gasteiger charge is -2.27. The Bertz CT molecular complexity index is 908. The van der Waals surface area contributed by atoms with Gasteiger partial charge in [0.2, 0.25) is 11.8 Å². The van der Waals surface area contributed by atoms with Gasteiger partial charge in [-0.05, 0) is 36.8 Å². The Morgan fingerprint density at radius 3 is 2.12 bits per heavy atom. The van der Waals surface area contributed by atoms with E-state index in [4.69, 9.17) is 9.47 Å². The van der Waals surface area contributed by atoms with Gasteiger partial charge < -0.3 is 19.7 Å². The lowest BCUT2D eigenvalue weighted by Crippen LogP contribution is -2.46. The average Bonchev–Trinajstić information content (AvgIpc) is 2.88. The molecule has 0 aliphatic carbocycles. The quantitative estimate of drug-likeness (QED) is 0.569. The predicted molar refractivity (Wildman–Crippen MR) is 124 cm³/mol. The van der Waals surface area contributed by atoms with Crippen molar-refractivity contribution < 1.29 is 19.1 Å². The highest BCUT2D eigenvalue weighted by Crippen LogP contribution is 2.11. The monoisotopic (exact) mass is 449 g/mol. The van der Waals surface area contributed by atoms with Gasteiger partial charge in [-0.1, -0.05) is 60.7 Å². The van der Waals surface area contributed by atoms with Crippen molar-refractivity contribution in [1.82, 2.24) is 10.2 Å². The van der Waals surface area contributed by atoms with Crippen molar-refractivity contribution >= 4 is 11.8 Å². The number of nitriles is 1. The molecule has 1 N–H and O–H groups in total. The first-order valence-electron chi connectivity index (χ1n) is 11.4. The molecule has 2 aromatic carbocycles. The van der Waals surface area contributed by atoms with E-state index in [-0.39, 0.29) is 18.4 Å². The molecule has 174 valence electrons. The summed E-state index contributed by atoms with van der Waals surface area (Å²) in [5.74, 6) is -0.517. The summed E-state index contributed by atoms with van der Waals surface area (Å²) in [5, 5.41) is 12.4. The second-order valence-electron chi connectivity index (χ2n) is 8.03. The molecular weight excluding hydrogens is 418 g/mol. The van der Waals surface area contributed by atoms with E-state index in [1.807, 2.05) is 60.7 Å².